The number of amides is 1. The highest BCUT2D eigenvalue weighted by Crippen LogP contribution is 2.24. The van der Waals surface area contributed by atoms with Crippen LogP contribution in [0.5, 0.6) is 5.75 Å². The summed E-state index contributed by atoms with van der Waals surface area (Å²) in [6.07, 6.45) is -4.72. The van der Waals surface area contributed by atoms with E-state index in [1.165, 1.54) is 12.1 Å². The number of carbonyl (C=O) groups is 1. The van der Waals surface area contributed by atoms with Crippen molar-refractivity contribution < 1.29 is 22.7 Å². The van der Waals surface area contributed by atoms with Crippen LogP contribution in [-0.4, -0.2) is 25.4 Å². The second-order valence-corrected chi connectivity index (χ2v) is 4.27. The molecule has 0 saturated carbocycles. The topological polar surface area (TPSA) is 50.4 Å². The summed E-state index contributed by atoms with van der Waals surface area (Å²) in [5.41, 5.74) is 0.424. The minimum Gasteiger partial charge on any atom is -0.406 e. The number of alkyl halides is 3. The highest BCUT2D eigenvalue weighted by Gasteiger charge is 2.30. The molecule has 1 aromatic rings. The monoisotopic (exact) mass is 290 g/mol. The predicted octanol–water partition coefficient (Wildman–Crippen LogP) is 2.77. The van der Waals surface area contributed by atoms with Crippen molar-refractivity contribution in [2.45, 2.75) is 20.2 Å². The Kier molecular flexibility index (Phi) is 5.82. The van der Waals surface area contributed by atoms with Crippen LogP contribution in [0, 0.1) is 5.92 Å². The van der Waals surface area contributed by atoms with E-state index in [1.54, 1.807) is 6.92 Å². The van der Waals surface area contributed by atoms with Crippen LogP contribution in [-0.2, 0) is 4.79 Å². The van der Waals surface area contributed by atoms with Gasteiger partial charge in [0.15, 0.2) is 0 Å². The molecule has 1 amide bonds. The van der Waals surface area contributed by atoms with Gasteiger partial charge in [0.2, 0.25) is 5.91 Å². The lowest BCUT2D eigenvalue weighted by Gasteiger charge is -2.13. The van der Waals surface area contributed by atoms with Crippen LogP contribution < -0.4 is 15.4 Å². The van der Waals surface area contributed by atoms with Gasteiger partial charge in [0, 0.05) is 18.2 Å². The van der Waals surface area contributed by atoms with Gasteiger partial charge >= 0.3 is 6.36 Å². The Morgan fingerprint density at radius 2 is 1.90 bits per heavy atom. The molecule has 0 saturated heterocycles. The Morgan fingerprint density at radius 1 is 1.30 bits per heavy atom. The van der Waals surface area contributed by atoms with Crippen molar-refractivity contribution >= 4 is 11.6 Å². The molecule has 0 heterocycles. The summed E-state index contributed by atoms with van der Waals surface area (Å²) < 4.78 is 39.7. The average Bonchev–Trinajstić information content (AvgIpc) is 2.36. The molecule has 0 spiro atoms. The Morgan fingerprint density at radius 3 is 2.40 bits per heavy atom. The lowest BCUT2D eigenvalue weighted by Crippen LogP contribution is -2.30. The molecule has 0 aliphatic rings. The van der Waals surface area contributed by atoms with Crippen LogP contribution in [0.1, 0.15) is 13.8 Å². The van der Waals surface area contributed by atoms with Crippen LogP contribution in [0.15, 0.2) is 24.3 Å². The maximum Gasteiger partial charge on any atom is 0.573 e. The van der Waals surface area contributed by atoms with Crippen molar-refractivity contribution in [2.24, 2.45) is 5.92 Å². The first kappa shape index (κ1) is 16.3. The van der Waals surface area contributed by atoms with Gasteiger partial charge < -0.3 is 15.4 Å². The van der Waals surface area contributed by atoms with Crippen molar-refractivity contribution in [1.82, 2.24) is 5.32 Å². The number of benzene rings is 1. The second kappa shape index (κ2) is 7.14. The Hall–Kier alpha value is -1.76. The Bertz CT molecular complexity index is 432. The van der Waals surface area contributed by atoms with Crippen molar-refractivity contribution in [3.05, 3.63) is 24.3 Å². The van der Waals surface area contributed by atoms with E-state index in [0.29, 0.717) is 12.2 Å². The summed E-state index contributed by atoms with van der Waals surface area (Å²) in [4.78, 5) is 11.8. The molecule has 112 valence electrons. The van der Waals surface area contributed by atoms with Crippen LogP contribution in [0.25, 0.3) is 0 Å². The summed E-state index contributed by atoms with van der Waals surface area (Å²) >= 11 is 0. The molecule has 20 heavy (non-hydrogen) atoms. The number of carbonyl (C=O) groups excluding carboxylic acids is 1. The Labute approximate surface area is 115 Å². The smallest absolute Gasteiger partial charge is 0.406 e. The molecule has 0 aliphatic carbocycles. The summed E-state index contributed by atoms with van der Waals surface area (Å²) in [6.45, 7) is 5.00. The molecule has 0 aliphatic heterocycles. The van der Waals surface area contributed by atoms with Gasteiger partial charge in [0.05, 0.1) is 0 Å². The first-order valence-electron chi connectivity index (χ1n) is 6.19. The fourth-order valence-electron chi connectivity index (χ4n) is 1.46. The fraction of sp³-hybridized carbons (Fsp3) is 0.462. The van der Waals surface area contributed by atoms with Gasteiger partial charge in [-0.3, -0.25) is 4.79 Å². The van der Waals surface area contributed by atoms with Gasteiger partial charge in [-0.2, -0.15) is 0 Å². The van der Waals surface area contributed by atoms with E-state index in [0.717, 1.165) is 18.7 Å². The van der Waals surface area contributed by atoms with E-state index in [9.17, 15) is 18.0 Å². The van der Waals surface area contributed by atoms with E-state index in [4.69, 9.17) is 0 Å². The molecule has 4 nitrogen and oxygen atoms in total. The van der Waals surface area contributed by atoms with Crippen LogP contribution in [0.3, 0.4) is 0 Å². The third-order valence-electron chi connectivity index (χ3n) is 2.50. The quantitative estimate of drug-likeness (QED) is 0.847. The molecular formula is C13H17F3N2O2. The fourth-order valence-corrected chi connectivity index (χ4v) is 1.46. The maximum atomic E-state index is 12.0. The number of hydrogen-bond acceptors (Lipinski definition) is 3. The molecule has 0 aromatic heterocycles. The third kappa shape index (κ3) is 5.92. The lowest BCUT2D eigenvalue weighted by molar-refractivity contribution is -0.274. The highest BCUT2D eigenvalue weighted by atomic mass is 19.4. The number of nitrogens with one attached hydrogen (secondary N) is 2. The van der Waals surface area contributed by atoms with Crippen molar-refractivity contribution in [1.29, 1.82) is 0 Å². The number of ether oxygens (including phenoxy) is 1. The van der Waals surface area contributed by atoms with E-state index < -0.39 is 6.36 Å². The molecule has 0 bridgehead atoms. The molecular weight excluding hydrogens is 273 g/mol. The number of rotatable bonds is 6. The maximum absolute atomic E-state index is 12.0. The van der Waals surface area contributed by atoms with Crippen molar-refractivity contribution in [3.8, 4) is 5.75 Å². The minimum atomic E-state index is -4.72. The molecule has 1 atom stereocenters. The summed E-state index contributed by atoms with van der Waals surface area (Å²) in [6, 6.07) is 5.02. The van der Waals surface area contributed by atoms with Crippen molar-refractivity contribution in [3.63, 3.8) is 0 Å². The zero-order chi connectivity index (χ0) is 15.2. The number of hydrogen-bond donors (Lipinski definition) is 2. The van der Waals surface area contributed by atoms with Crippen LogP contribution >= 0.6 is 0 Å². The minimum absolute atomic E-state index is 0.199. The van der Waals surface area contributed by atoms with Gasteiger partial charge in [-0.05, 0) is 30.8 Å². The van der Waals surface area contributed by atoms with Gasteiger partial charge in [-0.15, -0.1) is 13.2 Å². The van der Waals surface area contributed by atoms with E-state index in [1.807, 2.05) is 6.92 Å². The number of anilines is 1. The van der Waals surface area contributed by atoms with Crippen molar-refractivity contribution in [2.75, 3.05) is 18.4 Å². The normalized spacial score (nSPS) is 12.8. The zero-order valence-electron chi connectivity index (χ0n) is 11.3. The van der Waals surface area contributed by atoms with Crippen LogP contribution in [0.4, 0.5) is 18.9 Å². The Balaban J connectivity index is 2.55. The zero-order valence-corrected chi connectivity index (χ0v) is 11.3. The largest absolute Gasteiger partial charge is 0.573 e. The van der Waals surface area contributed by atoms with Gasteiger partial charge in [0.1, 0.15) is 5.75 Å². The van der Waals surface area contributed by atoms with E-state index >= 15 is 0 Å². The average molecular weight is 290 g/mol. The number of halogens is 3. The molecule has 1 aromatic carbocycles. The van der Waals surface area contributed by atoms with E-state index in [-0.39, 0.29) is 17.6 Å². The van der Waals surface area contributed by atoms with Gasteiger partial charge in [-0.1, -0.05) is 13.8 Å². The van der Waals surface area contributed by atoms with Gasteiger partial charge in [0.25, 0.3) is 0 Å². The molecule has 1 unspecified atom stereocenters. The molecule has 7 heteroatoms. The first-order valence-corrected chi connectivity index (χ1v) is 6.19. The summed E-state index contributed by atoms with van der Waals surface area (Å²) in [5.74, 6) is -0.757. The molecule has 1 rings (SSSR count). The third-order valence-corrected chi connectivity index (χ3v) is 2.50. The second-order valence-electron chi connectivity index (χ2n) is 4.27. The van der Waals surface area contributed by atoms with E-state index in [2.05, 4.69) is 15.4 Å². The first-order chi connectivity index (χ1) is 9.31. The molecule has 2 N–H and O–H groups in total. The summed E-state index contributed by atoms with van der Waals surface area (Å²) in [7, 11) is 0. The van der Waals surface area contributed by atoms with Crippen LogP contribution in [0.2, 0.25) is 0 Å². The summed E-state index contributed by atoms with van der Waals surface area (Å²) in [5, 5.41) is 5.67. The lowest BCUT2D eigenvalue weighted by atomic mass is 10.1. The predicted molar refractivity (Wildman–Crippen MR) is 69.5 cm³/mol. The van der Waals surface area contributed by atoms with Gasteiger partial charge in [-0.25, -0.2) is 0 Å². The molecule has 0 radical (unpaired) electrons. The standard InChI is InChI=1S/C13H17F3N2O2/c1-3-17-8-9(2)12(19)18-10-4-6-11(7-5-10)20-13(14,15)16/h4-7,9,17H,3,8H2,1-2H3,(H,18,19). The SMILES string of the molecule is CCNCC(C)C(=O)Nc1ccc(OC(F)(F)F)cc1. The molecule has 0 fully saturated rings. The highest BCUT2D eigenvalue weighted by molar-refractivity contribution is 5.92.